The van der Waals surface area contributed by atoms with Crippen LogP contribution in [0.4, 0.5) is 8.78 Å². The number of H-pyrrole nitrogens is 1. The van der Waals surface area contributed by atoms with Crippen LogP contribution in [0.1, 0.15) is 23.5 Å². The van der Waals surface area contributed by atoms with Gasteiger partial charge in [-0.3, -0.25) is 4.98 Å². The second kappa shape index (κ2) is 4.15. The van der Waals surface area contributed by atoms with Crippen molar-refractivity contribution in [3.05, 3.63) is 47.8 Å². The fourth-order valence-electron chi connectivity index (χ4n) is 2.03. The molecule has 3 rings (SSSR count). The minimum Gasteiger partial charge on any atom is -0.348 e. The molecule has 2 aromatic heterocycles. The third-order valence-corrected chi connectivity index (χ3v) is 3.21. The van der Waals surface area contributed by atoms with Crippen LogP contribution in [0.2, 0.25) is 0 Å². The largest absolute Gasteiger partial charge is 0.348 e. The molecule has 1 saturated carbocycles. The van der Waals surface area contributed by atoms with Gasteiger partial charge in [0.2, 0.25) is 0 Å². The van der Waals surface area contributed by atoms with Crippen LogP contribution in [-0.2, 0) is 12.8 Å². The van der Waals surface area contributed by atoms with Gasteiger partial charge in [0.15, 0.2) is 0 Å². The summed E-state index contributed by atoms with van der Waals surface area (Å²) in [6.45, 7) is 0. The number of hydrogen-bond donors (Lipinski definition) is 1. The molecule has 0 aromatic carbocycles. The molecular weight excluding hydrogens is 236 g/mol. The van der Waals surface area contributed by atoms with E-state index in [9.17, 15) is 8.78 Å². The third-order valence-electron chi connectivity index (χ3n) is 3.21. The average molecular weight is 249 g/mol. The molecular formula is C13H13F2N3. The van der Waals surface area contributed by atoms with Gasteiger partial charge in [0.1, 0.15) is 5.82 Å². The van der Waals surface area contributed by atoms with E-state index in [2.05, 4.69) is 15.0 Å². The predicted molar refractivity (Wildman–Crippen MR) is 62.4 cm³/mol. The fraction of sp³-hybridized carbons (Fsp3) is 0.385. The van der Waals surface area contributed by atoms with Crippen LogP contribution in [0.25, 0.3) is 0 Å². The maximum absolute atomic E-state index is 12.8. The Labute approximate surface area is 103 Å². The number of alkyl halides is 2. The van der Waals surface area contributed by atoms with E-state index in [1.807, 2.05) is 12.1 Å². The number of aromatic nitrogens is 3. The third kappa shape index (κ3) is 2.39. The summed E-state index contributed by atoms with van der Waals surface area (Å²) in [5.41, 5.74) is 1.99. The maximum Gasteiger partial charge on any atom is 0.252 e. The van der Waals surface area contributed by atoms with Crippen LogP contribution in [-0.4, -0.2) is 20.9 Å². The first-order valence-corrected chi connectivity index (χ1v) is 5.93. The molecule has 1 fully saturated rings. The zero-order valence-electron chi connectivity index (χ0n) is 9.74. The smallest absolute Gasteiger partial charge is 0.252 e. The summed E-state index contributed by atoms with van der Waals surface area (Å²) in [7, 11) is 0. The summed E-state index contributed by atoms with van der Waals surface area (Å²) in [6, 6.07) is 3.84. The quantitative estimate of drug-likeness (QED) is 0.904. The Balaban J connectivity index is 1.63. The molecule has 1 aliphatic carbocycles. The zero-order chi connectivity index (χ0) is 12.6. The molecule has 0 aliphatic heterocycles. The van der Waals surface area contributed by atoms with Gasteiger partial charge >= 0.3 is 0 Å². The molecule has 2 aromatic rings. The molecule has 0 radical (unpaired) electrons. The molecule has 0 amide bonds. The van der Waals surface area contributed by atoms with Crippen LogP contribution in [0.5, 0.6) is 0 Å². The van der Waals surface area contributed by atoms with Crippen molar-refractivity contribution in [2.45, 2.75) is 25.2 Å². The highest BCUT2D eigenvalue weighted by atomic mass is 19.3. The number of hydrogen-bond acceptors (Lipinski definition) is 2. The Bertz CT molecular complexity index is 536. The number of aromatic amines is 1. The predicted octanol–water partition coefficient (Wildman–Crippen LogP) is 2.59. The van der Waals surface area contributed by atoms with Gasteiger partial charge in [-0.15, -0.1) is 0 Å². The number of nitrogens with one attached hydrogen (secondary N) is 1. The van der Waals surface area contributed by atoms with Crippen molar-refractivity contribution < 1.29 is 8.78 Å². The Morgan fingerprint density at radius 2 is 2.06 bits per heavy atom. The highest BCUT2D eigenvalue weighted by Crippen LogP contribution is 2.49. The number of nitrogens with zero attached hydrogens (tertiary/aromatic N) is 2. The second-order valence-electron chi connectivity index (χ2n) is 4.74. The van der Waals surface area contributed by atoms with Gasteiger partial charge in [0.25, 0.3) is 5.92 Å². The van der Waals surface area contributed by atoms with Crippen LogP contribution < -0.4 is 0 Å². The molecule has 94 valence electrons. The van der Waals surface area contributed by atoms with Crippen LogP contribution in [0.3, 0.4) is 0 Å². The Kier molecular flexibility index (Phi) is 2.61. The minimum atomic E-state index is -2.47. The summed E-state index contributed by atoms with van der Waals surface area (Å²) >= 11 is 0. The second-order valence-corrected chi connectivity index (χ2v) is 4.74. The van der Waals surface area contributed by atoms with E-state index in [1.165, 1.54) is 0 Å². The van der Waals surface area contributed by atoms with Gasteiger partial charge in [-0.05, 0) is 17.7 Å². The molecule has 1 N–H and O–H groups in total. The Hall–Kier alpha value is -1.78. The summed E-state index contributed by atoms with van der Waals surface area (Å²) < 4.78 is 25.6. The molecule has 5 heteroatoms. The van der Waals surface area contributed by atoms with Crippen molar-refractivity contribution in [1.82, 2.24) is 15.0 Å². The molecule has 3 nitrogen and oxygen atoms in total. The summed E-state index contributed by atoms with van der Waals surface area (Å²) in [5.74, 6) is -2.35. The van der Waals surface area contributed by atoms with Crippen molar-refractivity contribution in [3.63, 3.8) is 0 Å². The highest BCUT2D eigenvalue weighted by Gasteiger charge is 2.56. The summed E-state index contributed by atoms with van der Waals surface area (Å²) in [5, 5.41) is 0. The zero-order valence-corrected chi connectivity index (χ0v) is 9.74. The molecule has 2 heterocycles. The van der Waals surface area contributed by atoms with Gasteiger partial charge in [-0.2, -0.15) is 0 Å². The van der Waals surface area contributed by atoms with Gasteiger partial charge in [-0.1, -0.05) is 0 Å². The van der Waals surface area contributed by atoms with Crippen LogP contribution in [0.15, 0.2) is 30.7 Å². The molecule has 18 heavy (non-hydrogen) atoms. The first kappa shape index (κ1) is 11.3. The van der Waals surface area contributed by atoms with Crippen molar-refractivity contribution in [1.29, 1.82) is 0 Å². The normalized spacial score (nSPS) is 20.9. The molecule has 0 saturated heterocycles. The minimum absolute atomic E-state index is 0.00656. The highest BCUT2D eigenvalue weighted by molar-refractivity contribution is 5.18. The fourth-order valence-corrected chi connectivity index (χ4v) is 2.03. The van der Waals surface area contributed by atoms with Crippen molar-refractivity contribution >= 4 is 0 Å². The SMILES string of the molecule is FC1(F)C[C@H]1Cc1nc(Cc2ccncc2)c[nH]1. The van der Waals surface area contributed by atoms with E-state index >= 15 is 0 Å². The lowest BCUT2D eigenvalue weighted by Crippen LogP contribution is -1.99. The standard InChI is InChI=1S/C13H13F2N3/c14-13(15)7-10(13)6-12-17-8-11(18-12)5-9-1-3-16-4-2-9/h1-4,8,10H,5-7H2,(H,17,18)/t10-/m1/s1. The number of halogens is 2. The lowest BCUT2D eigenvalue weighted by molar-refractivity contribution is 0.0985. The average Bonchev–Trinajstić information content (AvgIpc) is 2.73. The Morgan fingerprint density at radius 1 is 1.33 bits per heavy atom. The topological polar surface area (TPSA) is 41.6 Å². The molecule has 1 atom stereocenters. The van der Waals surface area contributed by atoms with Crippen molar-refractivity contribution in [2.24, 2.45) is 5.92 Å². The summed E-state index contributed by atoms with van der Waals surface area (Å²) in [6.07, 6.45) is 6.27. The summed E-state index contributed by atoms with van der Waals surface area (Å²) in [4.78, 5) is 11.3. The molecule has 0 unspecified atom stereocenters. The number of rotatable bonds is 4. The van der Waals surface area contributed by atoms with Crippen molar-refractivity contribution in [3.8, 4) is 0 Å². The van der Waals surface area contributed by atoms with Crippen molar-refractivity contribution in [2.75, 3.05) is 0 Å². The first-order valence-electron chi connectivity index (χ1n) is 5.93. The van der Waals surface area contributed by atoms with Crippen LogP contribution in [0, 0.1) is 5.92 Å². The molecule has 0 spiro atoms. The lowest BCUT2D eigenvalue weighted by atomic mass is 10.1. The van der Waals surface area contributed by atoms with E-state index < -0.39 is 11.8 Å². The van der Waals surface area contributed by atoms with Crippen LogP contribution >= 0.6 is 0 Å². The van der Waals surface area contributed by atoms with Gasteiger partial charge in [-0.25, -0.2) is 13.8 Å². The van der Waals surface area contributed by atoms with E-state index in [1.54, 1.807) is 18.6 Å². The van der Waals surface area contributed by atoms with E-state index in [0.717, 1.165) is 11.3 Å². The monoisotopic (exact) mass is 249 g/mol. The van der Waals surface area contributed by atoms with E-state index in [0.29, 0.717) is 18.7 Å². The number of pyridine rings is 1. The lowest BCUT2D eigenvalue weighted by Gasteiger charge is -1.96. The van der Waals surface area contributed by atoms with Gasteiger partial charge in [0, 0.05) is 43.8 Å². The van der Waals surface area contributed by atoms with E-state index in [4.69, 9.17) is 0 Å². The first-order chi connectivity index (χ1) is 8.63. The van der Waals surface area contributed by atoms with E-state index in [-0.39, 0.29) is 6.42 Å². The molecule has 1 aliphatic rings. The van der Waals surface area contributed by atoms with Gasteiger partial charge < -0.3 is 4.98 Å². The molecule has 0 bridgehead atoms. The maximum atomic E-state index is 12.8. The Morgan fingerprint density at radius 3 is 2.72 bits per heavy atom. The van der Waals surface area contributed by atoms with Gasteiger partial charge in [0.05, 0.1) is 5.69 Å². The number of imidazole rings is 1.